The summed E-state index contributed by atoms with van der Waals surface area (Å²) in [7, 11) is 3.88. The standard InChI is InChI=1S/C4H12N2.C2H6/c1-5-3-4-6-2;1-2/h5-6H,3-4H2,1-2H3;1-2H3. The molecule has 0 bridgehead atoms. The number of rotatable bonds is 3. The Bertz CT molecular complexity index is 18.5. The van der Waals surface area contributed by atoms with Gasteiger partial charge in [-0.15, -0.1) is 0 Å². The fourth-order valence-corrected chi connectivity index (χ4v) is 0.250. The molecule has 0 aromatic rings. The Morgan fingerprint density at radius 3 is 1.25 bits per heavy atom. The van der Waals surface area contributed by atoms with Gasteiger partial charge in [0, 0.05) is 13.1 Å². The van der Waals surface area contributed by atoms with Crippen LogP contribution in [0.15, 0.2) is 0 Å². The van der Waals surface area contributed by atoms with Gasteiger partial charge < -0.3 is 10.6 Å². The Morgan fingerprint density at radius 2 is 1.12 bits per heavy atom. The van der Waals surface area contributed by atoms with Gasteiger partial charge in [-0.1, -0.05) is 13.8 Å². The third-order valence-corrected chi connectivity index (χ3v) is 0.625. The van der Waals surface area contributed by atoms with Crippen molar-refractivity contribution < 1.29 is 0 Å². The second-order valence-electron chi connectivity index (χ2n) is 1.21. The molecule has 2 N–H and O–H groups in total. The Labute approximate surface area is 52.7 Å². The zero-order valence-electron chi connectivity index (χ0n) is 6.41. The van der Waals surface area contributed by atoms with Crippen molar-refractivity contribution in [2.45, 2.75) is 13.8 Å². The summed E-state index contributed by atoms with van der Waals surface area (Å²) in [6.07, 6.45) is 0. The molecule has 0 unspecified atom stereocenters. The Balaban J connectivity index is 0. The van der Waals surface area contributed by atoms with E-state index in [1.165, 1.54) is 0 Å². The number of hydrogen-bond donors (Lipinski definition) is 2. The minimum Gasteiger partial charge on any atom is -0.318 e. The van der Waals surface area contributed by atoms with Gasteiger partial charge in [-0.25, -0.2) is 0 Å². The molecule has 0 aromatic carbocycles. The molecule has 0 fully saturated rings. The quantitative estimate of drug-likeness (QED) is 0.526. The summed E-state index contributed by atoms with van der Waals surface area (Å²) in [6, 6.07) is 0. The molecule has 0 heterocycles. The minimum atomic E-state index is 1.05. The lowest BCUT2D eigenvalue weighted by atomic mass is 10.6. The molecule has 0 aliphatic rings. The fraction of sp³-hybridized carbons (Fsp3) is 1.00. The molecule has 0 spiro atoms. The highest BCUT2D eigenvalue weighted by Crippen LogP contribution is 1.45. The summed E-state index contributed by atoms with van der Waals surface area (Å²) in [4.78, 5) is 0. The molecule has 0 aliphatic heterocycles. The first-order chi connectivity index (χ1) is 3.91. The molecule has 0 rings (SSSR count). The van der Waals surface area contributed by atoms with Crippen molar-refractivity contribution in [2.24, 2.45) is 0 Å². The molecule has 0 amide bonds. The van der Waals surface area contributed by atoms with E-state index in [0.29, 0.717) is 0 Å². The molecule has 0 atom stereocenters. The van der Waals surface area contributed by atoms with Crippen LogP contribution in [-0.4, -0.2) is 27.2 Å². The molecular formula is C6H18N2. The average molecular weight is 118 g/mol. The summed E-state index contributed by atoms with van der Waals surface area (Å²) in [6.45, 7) is 6.10. The molecule has 8 heavy (non-hydrogen) atoms. The first-order valence-corrected chi connectivity index (χ1v) is 3.21. The molecule has 0 aliphatic carbocycles. The summed E-state index contributed by atoms with van der Waals surface area (Å²) in [5.41, 5.74) is 0. The van der Waals surface area contributed by atoms with Gasteiger partial charge in [0.2, 0.25) is 0 Å². The smallest absolute Gasteiger partial charge is 0.00736 e. The molecule has 2 heteroatoms. The highest BCUT2D eigenvalue weighted by atomic mass is 14.9. The van der Waals surface area contributed by atoms with Gasteiger partial charge in [-0.3, -0.25) is 0 Å². The third-order valence-electron chi connectivity index (χ3n) is 0.625. The Kier molecular flexibility index (Phi) is 21.3. The number of likely N-dealkylation sites (N-methyl/N-ethyl adjacent to an activating group) is 2. The zero-order chi connectivity index (χ0) is 6.83. The van der Waals surface area contributed by atoms with Crippen molar-refractivity contribution in [3.8, 4) is 0 Å². The lowest BCUT2D eigenvalue weighted by Gasteiger charge is -1.92. The maximum absolute atomic E-state index is 3.01. The number of hydrogen-bond acceptors (Lipinski definition) is 2. The summed E-state index contributed by atoms with van der Waals surface area (Å²) < 4.78 is 0. The second kappa shape index (κ2) is 15.8. The molecule has 52 valence electrons. The van der Waals surface area contributed by atoms with Crippen LogP contribution in [0.4, 0.5) is 0 Å². The molecular weight excluding hydrogens is 100 g/mol. The summed E-state index contributed by atoms with van der Waals surface area (Å²) in [5, 5.41) is 6.01. The van der Waals surface area contributed by atoms with E-state index in [1.807, 2.05) is 27.9 Å². The van der Waals surface area contributed by atoms with E-state index >= 15 is 0 Å². The van der Waals surface area contributed by atoms with Gasteiger partial charge in [0.25, 0.3) is 0 Å². The van der Waals surface area contributed by atoms with Crippen molar-refractivity contribution >= 4 is 0 Å². The molecule has 0 radical (unpaired) electrons. The lowest BCUT2D eigenvalue weighted by molar-refractivity contribution is 0.718. The van der Waals surface area contributed by atoms with Crippen molar-refractivity contribution in [3.63, 3.8) is 0 Å². The monoisotopic (exact) mass is 118 g/mol. The first-order valence-electron chi connectivity index (χ1n) is 3.21. The summed E-state index contributed by atoms with van der Waals surface area (Å²) in [5.74, 6) is 0. The van der Waals surface area contributed by atoms with E-state index in [2.05, 4.69) is 10.6 Å². The SMILES string of the molecule is CC.CNCCNC. The van der Waals surface area contributed by atoms with Crippen LogP contribution in [0.25, 0.3) is 0 Å². The lowest BCUT2D eigenvalue weighted by Crippen LogP contribution is -2.21. The van der Waals surface area contributed by atoms with E-state index < -0.39 is 0 Å². The average Bonchev–Trinajstić information content (AvgIpc) is 1.88. The van der Waals surface area contributed by atoms with Crippen LogP contribution in [0.1, 0.15) is 13.8 Å². The van der Waals surface area contributed by atoms with Crippen LogP contribution in [0.3, 0.4) is 0 Å². The van der Waals surface area contributed by atoms with E-state index in [-0.39, 0.29) is 0 Å². The van der Waals surface area contributed by atoms with Crippen LogP contribution in [0.5, 0.6) is 0 Å². The maximum Gasteiger partial charge on any atom is 0.00736 e. The minimum absolute atomic E-state index is 1.05. The second-order valence-corrected chi connectivity index (χ2v) is 1.21. The van der Waals surface area contributed by atoms with Crippen LogP contribution in [0.2, 0.25) is 0 Å². The van der Waals surface area contributed by atoms with Crippen molar-refractivity contribution in [1.29, 1.82) is 0 Å². The molecule has 2 nitrogen and oxygen atoms in total. The van der Waals surface area contributed by atoms with Crippen LogP contribution < -0.4 is 10.6 Å². The van der Waals surface area contributed by atoms with Gasteiger partial charge >= 0.3 is 0 Å². The van der Waals surface area contributed by atoms with Gasteiger partial charge in [0.1, 0.15) is 0 Å². The van der Waals surface area contributed by atoms with Crippen molar-refractivity contribution in [1.82, 2.24) is 10.6 Å². The largest absolute Gasteiger partial charge is 0.318 e. The highest BCUT2D eigenvalue weighted by molar-refractivity contribution is 4.38. The first kappa shape index (κ1) is 10.8. The van der Waals surface area contributed by atoms with E-state index in [4.69, 9.17) is 0 Å². The van der Waals surface area contributed by atoms with E-state index in [0.717, 1.165) is 13.1 Å². The van der Waals surface area contributed by atoms with Gasteiger partial charge in [0.15, 0.2) is 0 Å². The molecule has 0 saturated carbocycles. The van der Waals surface area contributed by atoms with Gasteiger partial charge in [0.05, 0.1) is 0 Å². The topological polar surface area (TPSA) is 24.1 Å². The Hall–Kier alpha value is -0.0800. The van der Waals surface area contributed by atoms with Crippen LogP contribution >= 0.6 is 0 Å². The normalized spacial score (nSPS) is 7.50. The van der Waals surface area contributed by atoms with Crippen LogP contribution in [-0.2, 0) is 0 Å². The number of nitrogens with one attached hydrogen (secondary N) is 2. The predicted molar refractivity (Wildman–Crippen MR) is 39.2 cm³/mol. The highest BCUT2D eigenvalue weighted by Gasteiger charge is 1.70. The van der Waals surface area contributed by atoms with E-state index in [9.17, 15) is 0 Å². The van der Waals surface area contributed by atoms with Crippen LogP contribution in [0, 0.1) is 0 Å². The third kappa shape index (κ3) is 16.8. The van der Waals surface area contributed by atoms with E-state index in [1.54, 1.807) is 0 Å². The molecule has 0 aromatic heterocycles. The summed E-state index contributed by atoms with van der Waals surface area (Å²) >= 11 is 0. The molecule has 0 saturated heterocycles. The predicted octanol–water partition coefficient (Wildman–Crippen LogP) is 0.451. The van der Waals surface area contributed by atoms with Gasteiger partial charge in [-0.05, 0) is 14.1 Å². The zero-order valence-corrected chi connectivity index (χ0v) is 6.41. The van der Waals surface area contributed by atoms with Crippen molar-refractivity contribution in [3.05, 3.63) is 0 Å². The van der Waals surface area contributed by atoms with Gasteiger partial charge in [-0.2, -0.15) is 0 Å². The maximum atomic E-state index is 3.01. The Morgan fingerprint density at radius 1 is 0.875 bits per heavy atom. The fourth-order valence-electron chi connectivity index (χ4n) is 0.250. The van der Waals surface area contributed by atoms with Crippen molar-refractivity contribution in [2.75, 3.05) is 27.2 Å².